The zero-order chi connectivity index (χ0) is 14.2. The van der Waals surface area contributed by atoms with E-state index in [1.54, 1.807) is 23.5 Å². The lowest BCUT2D eigenvalue weighted by Crippen LogP contribution is -1.96. The van der Waals surface area contributed by atoms with Gasteiger partial charge < -0.3 is 9.84 Å². The lowest BCUT2D eigenvalue weighted by molar-refractivity contribution is 0.305. The van der Waals surface area contributed by atoms with Gasteiger partial charge in [-0.05, 0) is 23.6 Å². The Bertz CT molecular complexity index is 674. The number of thiophene rings is 1. The molecule has 0 bridgehead atoms. The molecule has 2 aromatic rings. The molecule has 0 aliphatic carbocycles. The topological polar surface area (TPSA) is 53.2 Å². The van der Waals surface area contributed by atoms with Crippen LogP contribution in [0.3, 0.4) is 0 Å². The van der Waals surface area contributed by atoms with Crippen molar-refractivity contribution in [2.24, 2.45) is 0 Å². The molecule has 0 spiro atoms. The number of nitriles is 1. The monoisotopic (exact) mass is 283 g/mol. The van der Waals surface area contributed by atoms with Gasteiger partial charge in [0.25, 0.3) is 0 Å². The minimum absolute atomic E-state index is 0.0680. The van der Waals surface area contributed by atoms with E-state index >= 15 is 0 Å². The van der Waals surface area contributed by atoms with E-state index in [2.05, 4.69) is 17.9 Å². The van der Waals surface area contributed by atoms with Gasteiger partial charge >= 0.3 is 0 Å². The summed E-state index contributed by atoms with van der Waals surface area (Å²) >= 11 is 1.57. The van der Waals surface area contributed by atoms with Crippen molar-refractivity contribution in [1.29, 1.82) is 5.26 Å². The summed E-state index contributed by atoms with van der Waals surface area (Å²) in [5.41, 5.74) is 1.44. The third-order valence-electron chi connectivity index (χ3n) is 2.57. The summed E-state index contributed by atoms with van der Waals surface area (Å²) in [6, 6.07) is 11.2. The Kier molecular flexibility index (Phi) is 5.20. The first-order chi connectivity index (χ1) is 9.85. The van der Waals surface area contributed by atoms with Crippen LogP contribution in [-0.2, 0) is 6.61 Å². The first-order valence-corrected chi connectivity index (χ1v) is 7.01. The van der Waals surface area contributed by atoms with Gasteiger partial charge in [-0.15, -0.1) is 11.3 Å². The lowest BCUT2D eigenvalue weighted by atomic mass is 10.2. The van der Waals surface area contributed by atoms with Crippen LogP contribution >= 0.6 is 11.3 Å². The number of para-hydroxylation sites is 1. The van der Waals surface area contributed by atoms with E-state index in [1.165, 1.54) is 0 Å². The molecule has 2 rings (SSSR count). The summed E-state index contributed by atoms with van der Waals surface area (Å²) in [5.74, 6) is 6.49. The van der Waals surface area contributed by atoms with E-state index in [-0.39, 0.29) is 6.61 Å². The zero-order valence-electron chi connectivity index (χ0n) is 10.8. The predicted octanol–water partition coefficient (Wildman–Crippen LogP) is 2.93. The molecule has 0 unspecified atom stereocenters. The second kappa shape index (κ2) is 7.35. The smallest absolute Gasteiger partial charge is 0.137 e. The van der Waals surface area contributed by atoms with Crippen LogP contribution < -0.4 is 4.74 Å². The van der Waals surface area contributed by atoms with Gasteiger partial charge in [0, 0.05) is 12.0 Å². The Morgan fingerprint density at radius 3 is 2.85 bits per heavy atom. The standard InChI is InChI=1S/C16H13NO2S/c17-11-14-6-1-2-7-15(14)19-12-16-13(8-10-20-16)5-3-4-9-18/h1-2,6-8,10,18H,4,9,12H2. The third kappa shape index (κ3) is 3.61. The highest BCUT2D eigenvalue weighted by Gasteiger charge is 2.06. The molecule has 0 radical (unpaired) electrons. The van der Waals surface area contributed by atoms with Crippen LogP contribution in [-0.4, -0.2) is 11.7 Å². The number of aliphatic hydroxyl groups is 1. The van der Waals surface area contributed by atoms with E-state index < -0.39 is 0 Å². The number of ether oxygens (including phenoxy) is 1. The first-order valence-electron chi connectivity index (χ1n) is 6.13. The molecule has 1 aromatic carbocycles. The third-order valence-corrected chi connectivity index (χ3v) is 3.47. The molecular weight excluding hydrogens is 270 g/mol. The normalized spacial score (nSPS) is 9.40. The van der Waals surface area contributed by atoms with Gasteiger partial charge in [0.1, 0.15) is 18.4 Å². The van der Waals surface area contributed by atoms with Crippen molar-refractivity contribution in [2.45, 2.75) is 13.0 Å². The average molecular weight is 283 g/mol. The van der Waals surface area contributed by atoms with Crippen LogP contribution in [0.15, 0.2) is 35.7 Å². The summed E-state index contributed by atoms with van der Waals surface area (Å²) in [7, 11) is 0. The maximum atomic E-state index is 9.00. The van der Waals surface area contributed by atoms with Crippen molar-refractivity contribution in [2.75, 3.05) is 6.61 Å². The highest BCUT2D eigenvalue weighted by molar-refractivity contribution is 7.10. The van der Waals surface area contributed by atoms with Crippen molar-refractivity contribution < 1.29 is 9.84 Å². The number of hydrogen-bond acceptors (Lipinski definition) is 4. The molecule has 0 atom stereocenters. The number of rotatable bonds is 4. The SMILES string of the molecule is N#Cc1ccccc1OCc1sccc1C#CCCO. The Labute approximate surface area is 122 Å². The van der Waals surface area contributed by atoms with Gasteiger partial charge in [0.2, 0.25) is 0 Å². The van der Waals surface area contributed by atoms with Crippen molar-refractivity contribution in [1.82, 2.24) is 0 Å². The van der Waals surface area contributed by atoms with Gasteiger partial charge in [-0.3, -0.25) is 0 Å². The van der Waals surface area contributed by atoms with E-state index in [1.807, 2.05) is 23.6 Å². The molecule has 0 aliphatic heterocycles. The molecule has 1 aromatic heterocycles. The number of hydrogen-bond donors (Lipinski definition) is 1. The predicted molar refractivity (Wildman–Crippen MR) is 78.4 cm³/mol. The van der Waals surface area contributed by atoms with Crippen molar-refractivity contribution in [3.05, 3.63) is 51.7 Å². The van der Waals surface area contributed by atoms with Crippen molar-refractivity contribution in [3.8, 4) is 23.7 Å². The van der Waals surface area contributed by atoms with Crippen LogP contribution in [0, 0.1) is 23.2 Å². The van der Waals surface area contributed by atoms with Crippen molar-refractivity contribution in [3.63, 3.8) is 0 Å². The lowest BCUT2D eigenvalue weighted by Gasteiger charge is -2.06. The molecule has 0 fully saturated rings. The molecule has 3 nitrogen and oxygen atoms in total. The fourth-order valence-corrected chi connectivity index (χ4v) is 2.35. The summed E-state index contributed by atoms with van der Waals surface area (Å²) in [6.07, 6.45) is 0.466. The molecule has 20 heavy (non-hydrogen) atoms. The van der Waals surface area contributed by atoms with E-state index in [0.717, 1.165) is 10.4 Å². The largest absolute Gasteiger partial charge is 0.487 e. The van der Waals surface area contributed by atoms with E-state index in [0.29, 0.717) is 24.3 Å². The Morgan fingerprint density at radius 2 is 2.05 bits per heavy atom. The zero-order valence-corrected chi connectivity index (χ0v) is 11.6. The highest BCUT2D eigenvalue weighted by Crippen LogP contribution is 2.21. The molecule has 0 aliphatic rings. The van der Waals surface area contributed by atoms with Crippen molar-refractivity contribution >= 4 is 11.3 Å². The quantitative estimate of drug-likeness (QED) is 0.878. The first kappa shape index (κ1) is 14.1. The number of nitrogens with zero attached hydrogens (tertiary/aromatic N) is 1. The van der Waals surface area contributed by atoms with Crippen LogP contribution in [0.2, 0.25) is 0 Å². The molecule has 0 saturated heterocycles. The van der Waals surface area contributed by atoms with E-state index in [9.17, 15) is 0 Å². The van der Waals surface area contributed by atoms with Gasteiger partial charge in [-0.2, -0.15) is 5.26 Å². The second-order valence-electron chi connectivity index (χ2n) is 3.93. The minimum Gasteiger partial charge on any atom is -0.487 e. The summed E-state index contributed by atoms with van der Waals surface area (Å²) in [6.45, 7) is 0.456. The van der Waals surface area contributed by atoms with Crippen LogP contribution in [0.25, 0.3) is 0 Å². The Morgan fingerprint density at radius 1 is 1.20 bits per heavy atom. The molecule has 0 amide bonds. The Hall–Kier alpha value is -2.27. The van der Waals surface area contributed by atoms with Gasteiger partial charge in [-0.1, -0.05) is 24.0 Å². The van der Waals surface area contributed by atoms with Crippen LogP contribution in [0.4, 0.5) is 0 Å². The highest BCUT2D eigenvalue weighted by atomic mass is 32.1. The van der Waals surface area contributed by atoms with E-state index in [4.69, 9.17) is 15.1 Å². The average Bonchev–Trinajstić information content (AvgIpc) is 2.93. The number of benzene rings is 1. The minimum atomic E-state index is 0.0680. The Balaban J connectivity index is 2.07. The number of aliphatic hydroxyl groups excluding tert-OH is 1. The molecular formula is C16H13NO2S. The van der Waals surface area contributed by atoms with Gasteiger partial charge in [0.15, 0.2) is 0 Å². The summed E-state index contributed by atoms with van der Waals surface area (Å²) in [5, 5.41) is 19.7. The van der Waals surface area contributed by atoms with Gasteiger partial charge in [-0.25, -0.2) is 0 Å². The second-order valence-corrected chi connectivity index (χ2v) is 4.93. The molecule has 1 N–H and O–H groups in total. The molecule has 100 valence electrons. The van der Waals surface area contributed by atoms with Crippen LogP contribution in [0.5, 0.6) is 5.75 Å². The molecule has 4 heteroatoms. The molecule has 1 heterocycles. The molecule has 0 saturated carbocycles. The fourth-order valence-electron chi connectivity index (χ4n) is 1.61. The fraction of sp³-hybridized carbons (Fsp3) is 0.188. The summed E-state index contributed by atoms with van der Waals surface area (Å²) in [4.78, 5) is 1.02. The summed E-state index contributed by atoms with van der Waals surface area (Å²) < 4.78 is 5.69. The maximum absolute atomic E-state index is 9.00. The maximum Gasteiger partial charge on any atom is 0.137 e. The van der Waals surface area contributed by atoms with Crippen LogP contribution in [0.1, 0.15) is 22.4 Å². The van der Waals surface area contributed by atoms with Gasteiger partial charge in [0.05, 0.1) is 17.0 Å².